The lowest BCUT2D eigenvalue weighted by atomic mass is 9.48. The standard InChI is InChI=1S/C14H19B2NO2/c1-13(2)14(3,4)19-16(18-13)12-8-6-11(7-9-12)15(5)10-17/h6-9H,1-5H3. The molecule has 1 heterocycles. The van der Waals surface area contributed by atoms with Crippen LogP contribution in [-0.4, -0.2) is 25.0 Å². The molecule has 1 aromatic carbocycles. The largest absolute Gasteiger partial charge is 0.494 e. The summed E-state index contributed by atoms with van der Waals surface area (Å²) in [5.74, 6) is 2.23. The Morgan fingerprint density at radius 1 is 1.05 bits per heavy atom. The minimum absolute atomic E-state index is 0.0904. The van der Waals surface area contributed by atoms with Crippen molar-refractivity contribution < 1.29 is 9.31 Å². The molecule has 0 amide bonds. The SMILES string of the molecule is CB(C#N)c1ccc(B2OC(C)(C)C(C)(C)O2)cc1. The molecule has 0 saturated carbocycles. The zero-order chi connectivity index (χ0) is 14.3. The summed E-state index contributed by atoms with van der Waals surface area (Å²) in [5, 5.41) is 8.91. The summed E-state index contributed by atoms with van der Waals surface area (Å²) in [7, 11) is -0.337. The second kappa shape index (κ2) is 4.70. The van der Waals surface area contributed by atoms with E-state index in [0.29, 0.717) is 0 Å². The molecular formula is C14H19B2NO2. The average Bonchev–Trinajstić information content (AvgIpc) is 2.58. The summed E-state index contributed by atoms with van der Waals surface area (Å²) in [6.45, 7) is 9.97. The Hall–Kier alpha value is -1.24. The second-order valence-electron chi connectivity index (χ2n) is 6.11. The van der Waals surface area contributed by atoms with E-state index in [1.54, 1.807) is 0 Å². The van der Waals surface area contributed by atoms with Crippen molar-refractivity contribution in [1.82, 2.24) is 0 Å². The fourth-order valence-electron chi connectivity index (χ4n) is 2.00. The first-order valence-electron chi connectivity index (χ1n) is 6.62. The highest BCUT2D eigenvalue weighted by Gasteiger charge is 2.51. The van der Waals surface area contributed by atoms with E-state index in [9.17, 15) is 0 Å². The molecule has 0 atom stereocenters. The van der Waals surface area contributed by atoms with Crippen LogP contribution in [0.4, 0.5) is 0 Å². The number of nitrogens with zero attached hydrogens (tertiary/aromatic N) is 1. The normalized spacial score (nSPS) is 20.1. The highest BCUT2D eigenvalue weighted by molar-refractivity contribution is 6.79. The van der Waals surface area contributed by atoms with Crippen molar-refractivity contribution in [2.75, 3.05) is 0 Å². The fraction of sp³-hybridized carbons (Fsp3) is 0.500. The predicted octanol–water partition coefficient (Wildman–Crippen LogP) is 1.38. The molecule has 1 fully saturated rings. The van der Waals surface area contributed by atoms with E-state index in [-0.39, 0.29) is 25.0 Å². The molecule has 0 bridgehead atoms. The molecule has 3 nitrogen and oxygen atoms in total. The van der Waals surface area contributed by atoms with Gasteiger partial charge >= 0.3 is 7.12 Å². The Bertz CT molecular complexity index is 489. The average molecular weight is 255 g/mol. The first-order chi connectivity index (χ1) is 8.77. The van der Waals surface area contributed by atoms with Gasteiger partial charge in [0.05, 0.1) is 11.2 Å². The quantitative estimate of drug-likeness (QED) is 0.749. The summed E-state index contributed by atoms with van der Waals surface area (Å²) in [5.41, 5.74) is 1.36. The van der Waals surface area contributed by atoms with Gasteiger partial charge in [0, 0.05) is 5.97 Å². The van der Waals surface area contributed by atoms with Gasteiger partial charge in [-0.05, 0) is 33.2 Å². The van der Waals surface area contributed by atoms with Gasteiger partial charge in [-0.1, -0.05) is 36.6 Å². The molecule has 19 heavy (non-hydrogen) atoms. The predicted molar refractivity (Wildman–Crippen MR) is 79.0 cm³/mol. The summed E-state index contributed by atoms with van der Waals surface area (Å²) in [4.78, 5) is 0. The van der Waals surface area contributed by atoms with Crippen LogP contribution in [0.3, 0.4) is 0 Å². The van der Waals surface area contributed by atoms with Crippen LogP contribution in [0, 0.1) is 11.2 Å². The highest BCUT2D eigenvalue weighted by atomic mass is 16.7. The smallest absolute Gasteiger partial charge is 0.399 e. The molecule has 0 aliphatic carbocycles. The van der Waals surface area contributed by atoms with E-state index in [2.05, 4.69) is 5.97 Å². The number of benzene rings is 1. The van der Waals surface area contributed by atoms with E-state index in [1.165, 1.54) is 0 Å². The third-order valence-electron chi connectivity index (χ3n) is 4.16. The lowest BCUT2D eigenvalue weighted by Crippen LogP contribution is -2.41. The van der Waals surface area contributed by atoms with Crippen molar-refractivity contribution in [2.45, 2.75) is 45.7 Å². The maximum absolute atomic E-state index is 8.91. The van der Waals surface area contributed by atoms with Gasteiger partial charge in [0.1, 0.15) is 0 Å². The summed E-state index contributed by atoms with van der Waals surface area (Å²) in [6, 6.07) is 7.89. The van der Waals surface area contributed by atoms with Gasteiger partial charge in [0.15, 0.2) is 0 Å². The van der Waals surface area contributed by atoms with Crippen molar-refractivity contribution in [1.29, 1.82) is 5.26 Å². The zero-order valence-corrected chi connectivity index (χ0v) is 12.2. The van der Waals surface area contributed by atoms with Crippen molar-refractivity contribution >= 4 is 24.8 Å². The van der Waals surface area contributed by atoms with Crippen LogP contribution in [-0.2, 0) is 9.31 Å². The van der Waals surface area contributed by atoms with Gasteiger partial charge < -0.3 is 9.31 Å². The minimum atomic E-state index is -0.337. The van der Waals surface area contributed by atoms with Crippen molar-refractivity contribution in [3.05, 3.63) is 24.3 Å². The van der Waals surface area contributed by atoms with Crippen LogP contribution in [0.25, 0.3) is 0 Å². The van der Waals surface area contributed by atoms with Crippen LogP contribution in [0.5, 0.6) is 0 Å². The van der Waals surface area contributed by atoms with E-state index in [0.717, 1.165) is 10.9 Å². The number of hydrogen-bond donors (Lipinski definition) is 0. The topological polar surface area (TPSA) is 42.2 Å². The van der Waals surface area contributed by atoms with Crippen molar-refractivity contribution in [3.63, 3.8) is 0 Å². The molecule has 1 aromatic rings. The van der Waals surface area contributed by atoms with Crippen LogP contribution in [0.1, 0.15) is 27.7 Å². The second-order valence-corrected chi connectivity index (χ2v) is 6.11. The van der Waals surface area contributed by atoms with E-state index >= 15 is 0 Å². The molecule has 0 N–H and O–H groups in total. The molecule has 2 rings (SSSR count). The van der Waals surface area contributed by atoms with E-state index < -0.39 is 0 Å². The van der Waals surface area contributed by atoms with E-state index in [1.807, 2.05) is 58.8 Å². The van der Waals surface area contributed by atoms with Gasteiger partial charge in [0.2, 0.25) is 0 Å². The molecule has 98 valence electrons. The third kappa shape index (κ3) is 2.56. The lowest BCUT2D eigenvalue weighted by molar-refractivity contribution is 0.00578. The van der Waals surface area contributed by atoms with Crippen LogP contribution in [0.2, 0.25) is 6.82 Å². The molecule has 5 heteroatoms. The van der Waals surface area contributed by atoms with Crippen molar-refractivity contribution in [2.24, 2.45) is 0 Å². The maximum Gasteiger partial charge on any atom is 0.494 e. The Labute approximate surface area is 116 Å². The zero-order valence-electron chi connectivity index (χ0n) is 12.2. The Morgan fingerprint density at radius 2 is 1.53 bits per heavy atom. The Morgan fingerprint density at radius 3 is 1.95 bits per heavy atom. The van der Waals surface area contributed by atoms with Gasteiger partial charge in [-0.15, -0.1) is 0 Å². The Kier molecular flexibility index (Phi) is 3.51. The minimum Gasteiger partial charge on any atom is -0.399 e. The molecule has 0 aromatic heterocycles. The number of hydrogen-bond acceptors (Lipinski definition) is 3. The third-order valence-corrected chi connectivity index (χ3v) is 4.16. The van der Waals surface area contributed by atoms with E-state index in [4.69, 9.17) is 14.6 Å². The van der Waals surface area contributed by atoms with Crippen LogP contribution < -0.4 is 10.9 Å². The fourth-order valence-corrected chi connectivity index (χ4v) is 2.00. The molecule has 0 unspecified atom stereocenters. The van der Waals surface area contributed by atoms with Gasteiger partial charge in [-0.2, -0.15) is 0 Å². The van der Waals surface area contributed by atoms with Gasteiger partial charge in [0.25, 0.3) is 6.71 Å². The molecule has 1 saturated heterocycles. The molecular weight excluding hydrogens is 236 g/mol. The number of nitriles is 1. The molecule has 0 radical (unpaired) electrons. The summed E-state index contributed by atoms with van der Waals surface area (Å²) >= 11 is 0. The molecule has 0 spiro atoms. The summed E-state index contributed by atoms with van der Waals surface area (Å²) < 4.78 is 12.0. The summed E-state index contributed by atoms with van der Waals surface area (Å²) in [6.07, 6.45) is 0. The monoisotopic (exact) mass is 255 g/mol. The van der Waals surface area contributed by atoms with Gasteiger partial charge in [-0.3, -0.25) is 0 Å². The van der Waals surface area contributed by atoms with Crippen LogP contribution >= 0.6 is 0 Å². The first kappa shape index (κ1) is 14.2. The Balaban J connectivity index is 2.19. The number of rotatable bonds is 2. The maximum atomic E-state index is 8.91. The van der Waals surface area contributed by atoms with Crippen molar-refractivity contribution in [3.8, 4) is 5.97 Å². The highest BCUT2D eigenvalue weighted by Crippen LogP contribution is 2.36. The first-order valence-corrected chi connectivity index (χ1v) is 6.62. The lowest BCUT2D eigenvalue weighted by Gasteiger charge is -2.32. The van der Waals surface area contributed by atoms with Crippen LogP contribution in [0.15, 0.2) is 24.3 Å². The molecule has 1 aliphatic heterocycles. The van der Waals surface area contributed by atoms with Gasteiger partial charge in [-0.25, -0.2) is 5.26 Å². The molecule has 1 aliphatic rings.